The van der Waals surface area contributed by atoms with Crippen LogP contribution in [0.1, 0.15) is 22.3 Å². The van der Waals surface area contributed by atoms with Crippen molar-refractivity contribution in [3.63, 3.8) is 0 Å². The number of benzene rings is 2. The van der Waals surface area contributed by atoms with Crippen molar-refractivity contribution >= 4 is 0 Å². The molecular weight excluding hydrogens is 277 g/mol. The first-order chi connectivity index (χ1) is 9.86. The molecular formula is C16H19F3N2. The van der Waals surface area contributed by atoms with E-state index in [9.17, 15) is 13.2 Å². The first kappa shape index (κ1) is 17.2. The number of hydrogen-bond donors (Lipinski definition) is 2. The van der Waals surface area contributed by atoms with Crippen LogP contribution in [0.2, 0.25) is 0 Å². The van der Waals surface area contributed by atoms with Crippen LogP contribution in [-0.2, 0) is 19.3 Å². The molecule has 2 nitrogen and oxygen atoms in total. The Bertz CT molecular complexity index is 565. The minimum Gasteiger partial charge on any atom is -0.326 e. The number of hydrogen-bond acceptors (Lipinski definition) is 2. The second-order valence-corrected chi connectivity index (χ2v) is 4.60. The average molecular weight is 296 g/mol. The molecule has 114 valence electrons. The Morgan fingerprint density at radius 3 is 1.81 bits per heavy atom. The lowest BCUT2D eigenvalue weighted by atomic mass is 10.1. The third-order valence-corrected chi connectivity index (χ3v) is 2.81. The van der Waals surface area contributed by atoms with Crippen LogP contribution < -0.4 is 11.5 Å². The predicted octanol–water partition coefficient (Wildman–Crippen LogP) is 3.62. The fourth-order valence-electron chi connectivity index (χ4n) is 1.71. The molecule has 0 spiro atoms. The van der Waals surface area contributed by atoms with Crippen molar-refractivity contribution in [3.8, 4) is 0 Å². The largest absolute Gasteiger partial charge is 0.416 e. The van der Waals surface area contributed by atoms with E-state index < -0.39 is 11.7 Å². The molecule has 0 aliphatic rings. The van der Waals surface area contributed by atoms with Crippen LogP contribution in [0.3, 0.4) is 0 Å². The monoisotopic (exact) mass is 296 g/mol. The molecule has 4 N–H and O–H groups in total. The van der Waals surface area contributed by atoms with E-state index in [0.29, 0.717) is 12.1 Å². The normalized spacial score (nSPS) is 10.8. The third-order valence-electron chi connectivity index (χ3n) is 2.81. The lowest BCUT2D eigenvalue weighted by Crippen LogP contribution is -2.06. The van der Waals surface area contributed by atoms with Crippen LogP contribution >= 0.6 is 0 Å². The van der Waals surface area contributed by atoms with Crippen molar-refractivity contribution in [2.45, 2.75) is 26.2 Å². The summed E-state index contributed by atoms with van der Waals surface area (Å²) in [6, 6.07) is 13.2. The van der Waals surface area contributed by atoms with Gasteiger partial charge in [0.25, 0.3) is 0 Å². The summed E-state index contributed by atoms with van der Waals surface area (Å²) >= 11 is 0. The van der Waals surface area contributed by atoms with Crippen LogP contribution in [0.4, 0.5) is 13.2 Å². The smallest absolute Gasteiger partial charge is 0.326 e. The highest BCUT2D eigenvalue weighted by molar-refractivity contribution is 5.25. The molecule has 2 rings (SSSR count). The Hall–Kier alpha value is -1.85. The molecule has 2 aromatic carbocycles. The van der Waals surface area contributed by atoms with Gasteiger partial charge in [-0.3, -0.25) is 0 Å². The first-order valence-corrected chi connectivity index (χ1v) is 6.48. The molecule has 0 heterocycles. The molecule has 0 fully saturated rings. The standard InChI is InChI=1S/C8H8F3N.C8H11N/c9-8(10,11)7-3-1-2-6(4-7)5-12;1-7-3-2-4-8(5-7)6-9/h1-4H,5,12H2;2-5H,6,9H2,1H3. The Morgan fingerprint density at radius 2 is 1.38 bits per heavy atom. The summed E-state index contributed by atoms with van der Waals surface area (Å²) in [5, 5.41) is 0. The van der Waals surface area contributed by atoms with E-state index in [4.69, 9.17) is 11.5 Å². The van der Waals surface area contributed by atoms with Gasteiger partial charge in [0.1, 0.15) is 0 Å². The third kappa shape index (κ3) is 5.97. The maximum atomic E-state index is 12.1. The average Bonchev–Trinajstić information content (AvgIpc) is 2.47. The van der Waals surface area contributed by atoms with Gasteiger partial charge < -0.3 is 11.5 Å². The maximum Gasteiger partial charge on any atom is 0.416 e. The number of aryl methyl sites for hydroxylation is 1. The lowest BCUT2D eigenvalue weighted by Gasteiger charge is -2.06. The predicted molar refractivity (Wildman–Crippen MR) is 78.4 cm³/mol. The summed E-state index contributed by atoms with van der Waals surface area (Å²) in [5.74, 6) is 0. The van der Waals surface area contributed by atoms with E-state index in [1.54, 1.807) is 6.07 Å². The van der Waals surface area contributed by atoms with Gasteiger partial charge in [0.2, 0.25) is 0 Å². The first-order valence-electron chi connectivity index (χ1n) is 6.48. The summed E-state index contributed by atoms with van der Waals surface area (Å²) in [5.41, 5.74) is 12.9. The molecule has 2 aromatic rings. The molecule has 21 heavy (non-hydrogen) atoms. The van der Waals surface area contributed by atoms with Crippen molar-refractivity contribution in [1.82, 2.24) is 0 Å². The van der Waals surface area contributed by atoms with Gasteiger partial charge in [-0.1, -0.05) is 48.0 Å². The zero-order chi connectivity index (χ0) is 15.9. The Morgan fingerprint density at radius 1 is 0.857 bits per heavy atom. The molecule has 0 amide bonds. The van der Waals surface area contributed by atoms with Crippen LogP contribution in [-0.4, -0.2) is 0 Å². The molecule has 0 aliphatic heterocycles. The van der Waals surface area contributed by atoms with Gasteiger partial charge >= 0.3 is 6.18 Å². The van der Waals surface area contributed by atoms with E-state index in [2.05, 4.69) is 19.1 Å². The topological polar surface area (TPSA) is 52.0 Å². The summed E-state index contributed by atoms with van der Waals surface area (Å²) in [4.78, 5) is 0. The van der Waals surface area contributed by atoms with Gasteiger partial charge in [0, 0.05) is 13.1 Å². The highest BCUT2D eigenvalue weighted by atomic mass is 19.4. The molecule has 0 unspecified atom stereocenters. The SMILES string of the molecule is Cc1cccc(CN)c1.NCc1cccc(C(F)(F)F)c1. The van der Waals surface area contributed by atoms with Crippen molar-refractivity contribution in [2.75, 3.05) is 0 Å². The van der Waals surface area contributed by atoms with Crippen molar-refractivity contribution in [3.05, 3.63) is 70.8 Å². The molecule has 5 heteroatoms. The second-order valence-electron chi connectivity index (χ2n) is 4.60. The summed E-state index contributed by atoms with van der Waals surface area (Å²) < 4.78 is 36.2. The Kier molecular flexibility index (Phi) is 6.39. The van der Waals surface area contributed by atoms with Crippen LogP contribution in [0, 0.1) is 6.92 Å². The van der Waals surface area contributed by atoms with E-state index in [0.717, 1.165) is 12.1 Å². The van der Waals surface area contributed by atoms with E-state index >= 15 is 0 Å². The van der Waals surface area contributed by atoms with Crippen molar-refractivity contribution in [1.29, 1.82) is 0 Å². The molecule has 0 saturated carbocycles. The highest BCUT2D eigenvalue weighted by Gasteiger charge is 2.30. The van der Waals surface area contributed by atoms with Crippen LogP contribution in [0.15, 0.2) is 48.5 Å². The van der Waals surface area contributed by atoms with E-state index in [-0.39, 0.29) is 6.54 Å². The minimum atomic E-state index is -4.27. The van der Waals surface area contributed by atoms with Crippen LogP contribution in [0.5, 0.6) is 0 Å². The quantitative estimate of drug-likeness (QED) is 0.889. The zero-order valence-corrected chi connectivity index (χ0v) is 11.8. The van der Waals surface area contributed by atoms with Crippen LogP contribution in [0.25, 0.3) is 0 Å². The number of nitrogens with two attached hydrogens (primary N) is 2. The van der Waals surface area contributed by atoms with Gasteiger partial charge in [-0.2, -0.15) is 13.2 Å². The number of halogens is 3. The highest BCUT2D eigenvalue weighted by Crippen LogP contribution is 2.29. The minimum absolute atomic E-state index is 0.129. The molecule has 0 atom stereocenters. The molecule has 0 aliphatic carbocycles. The maximum absolute atomic E-state index is 12.1. The van der Waals surface area contributed by atoms with E-state index in [1.165, 1.54) is 17.2 Å². The molecule has 0 bridgehead atoms. The van der Waals surface area contributed by atoms with Gasteiger partial charge in [-0.05, 0) is 24.1 Å². The summed E-state index contributed by atoms with van der Waals surface area (Å²) in [6.07, 6.45) is -4.27. The van der Waals surface area contributed by atoms with Gasteiger partial charge in [0.05, 0.1) is 5.56 Å². The summed E-state index contributed by atoms with van der Waals surface area (Å²) in [6.45, 7) is 2.84. The number of rotatable bonds is 2. The fourth-order valence-corrected chi connectivity index (χ4v) is 1.71. The molecule has 0 aromatic heterocycles. The molecule has 0 radical (unpaired) electrons. The lowest BCUT2D eigenvalue weighted by molar-refractivity contribution is -0.137. The zero-order valence-electron chi connectivity index (χ0n) is 11.8. The Balaban J connectivity index is 0.000000219. The van der Waals surface area contributed by atoms with Gasteiger partial charge in [-0.15, -0.1) is 0 Å². The van der Waals surface area contributed by atoms with Crippen molar-refractivity contribution < 1.29 is 13.2 Å². The Labute approximate surface area is 122 Å². The number of alkyl halides is 3. The molecule has 0 saturated heterocycles. The van der Waals surface area contributed by atoms with Gasteiger partial charge in [-0.25, -0.2) is 0 Å². The summed E-state index contributed by atoms with van der Waals surface area (Å²) in [7, 11) is 0. The van der Waals surface area contributed by atoms with Gasteiger partial charge in [0.15, 0.2) is 0 Å². The van der Waals surface area contributed by atoms with Crippen molar-refractivity contribution in [2.24, 2.45) is 11.5 Å². The second kappa shape index (κ2) is 7.81. The fraction of sp³-hybridized carbons (Fsp3) is 0.250. The van der Waals surface area contributed by atoms with E-state index in [1.807, 2.05) is 12.1 Å².